The number of rotatable bonds is 4. The summed E-state index contributed by atoms with van der Waals surface area (Å²) in [6, 6.07) is 0. The maximum absolute atomic E-state index is 14.3. The van der Waals surface area contributed by atoms with Gasteiger partial charge in [-0.2, -0.15) is 0 Å². The zero-order chi connectivity index (χ0) is 10.1. The van der Waals surface area contributed by atoms with Gasteiger partial charge in [0, 0.05) is 5.92 Å². The lowest BCUT2D eigenvalue weighted by Crippen LogP contribution is -2.53. The first-order valence-corrected chi connectivity index (χ1v) is 5.02. The van der Waals surface area contributed by atoms with Crippen molar-refractivity contribution in [3.63, 3.8) is 0 Å². The van der Waals surface area contributed by atoms with E-state index in [0.717, 1.165) is 19.3 Å². The predicted octanol–water partition coefficient (Wildman–Crippen LogP) is 2.03. The number of amides is 1. The molecule has 2 atom stereocenters. The lowest BCUT2D eigenvalue weighted by atomic mass is 9.68. The molecule has 0 bridgehead atoms. The fourth-order valence-electron chi connectivity index (χ4n) is 1.97. The van der Waals surface area contributed by atoms with Crippen LogP contribution in [0.15, 0.2) is 0 Å². The Balaban J connectivity index is 2.78. The molecule has 1 rings (SSSR count). The summed E-state index contributed by atoms with van der Waals surface area (Å²) in [4.78, 5) is 11.1. The first-order valence-electron chi connectivity index (χ1n) is 5.02. The third-order valence-corrected chi connectivity index (χ3v) is 3.41. The van der Waals surface area contributed by atoms with Crippen molar-refractivity contribution in [2.75, 3.05) is 0 Å². The van der Waals surface area contributed by atoms with Crippen molar-refractivity contribution in [1.29, 1.82) is 0 Å². The highest BCUT2D eigenvalue weighted by molar-refractivity contribution is 5.84. The number of carbonyl (C=O) groups excluding carboxylic acids is 1. The van der Waals surface area contributed by atoms with Gasteiger partial charge in [0.1, 0.15) is 0 Å². The Morgan fingerprint density at radius 3 is 2.46 bits per heavy atom. The van der Waals surface area contributed by atoms with Gasteiger partial charge in [0.2, 0.25) is 0 Å². The quantitative estimate of drug-likeness (QED) is 0.719. The van der Waals surface area contributed by atoms with Crippen molar-refractivity contribution < 1.29 is 9.18 Å². The number of hydrogen-bond donors (Lipinski definition) is 1. The van der Waals surface area contributed by atoms with Crippen LogP contribution < -0.4 is 5.73 Å². The highest BCUT2D eigenvalue weighted by atomic mass is 19.1. The van der Waals surface area contributed by atoms with E-state index in [1.54, 1.807) is 6.92 Å². The zero-order valence-corrected chi connectivity index (χ0v) is 8.35. The minimum absolute atomic E-state index is 0.125. The fraction of sp³-hybridized carbons (Fsp3) is 0.900. The second-order valence-electron chi connectivity index (χ2n) is 4.07. The number of halogens is 1. The van der Waals surface area contributed by atoms with Crippen LogP contribution in [-0.2, 0) is 4.79 Å². The van der Waals surface area contributed by atoms with Crippen molar-refractivity contribution in [2.24, 2.45) is 17.6 Å². The van der Waals surface area contributed by atoms with Gasteiger partial charge in [-0.05, 0) is 25.2 Å². The van der Waals surface area contributed by atoms with Gasteiger partial charge in [0.15, 0.2) is 5.67 Å². The summed E-state index contributed by atoms with van der Waals surface area (Å²) in [6.45, 7) is 3.66. The van der Waals surface area contributed by atoms with Crippen molar-refractivity contribution in [2.45, 2.75) is 45.2 Å². The standard InChI is InChI=1S/C10H18FNO/c1-3-7(2)10(11,9(12)13)8-5-4-6-8/h7-8H,3-6H2,1-2H3,(H2,12,13). The fourth-order valence-corrected chi connectivity index (χ4v) is 1.97. The smallest absolute Gasteiger partial charge is 0.255 e. The Hall–Kier alpha value is -0.600. The molecule has 1 amide bonds. The summed E-state index contributed by atoms with van der Waals surface area (Å²) in [5.41, 5.74) is 3.39. The van der Waals surface area contributed by atoms with Crippen LogP contribution in [0.2, 0.25) is 0 Å². The molecule has 0 heterocycles. The number of nitrogens with two attached hydrogens (primary N) is 1. The second-order valence-corrected chi connectivity index (χ2v) is 4.07. The molecule has 0 aliphatic heterocycles. The van der Waals surface area contributed by atoms with E-state index < -0.39 is 11.6 Å². The first kappa shape index (κ1) is 10.5. The molecule has 1 aliphatic rings. The van der Waals surface area contributed by atoms with Crippen molar-refractivity contribution in [1.82, 2.24) is 0 Å². The molecule has 0 aromatic heterocycles. The van der Waals surface area contributed by atoms with Crippen molar-refractivity contribution >= 4 is 5.91 Å². The van der Waals surface area contributed by atoms with E-state index in [1.807, 2.05) is 6.92 Å². The van der Waals surface area contributed by atoms with Crippen LogP contribution in [0.1, 0.15) is 39.5 Å². The molecule has 2 nitrogen and oxygen atoms in total. The monoisotopic (exact) mass is 187 g/mol. The van der Waals surface area contributed by atoms with Crippen LogP contribution in [0.3, 0.4) is 0 Å². The third kappa shape index (κ3) is 1.56. The molecule has 1 saturated carbocycles. The molecule has 0 aromatic carbocycles. The summed E-state index contributed by atoms with van der Waals surface area (Å²) >= 11 is 0. The Labute approximate surface area is 78.7 Å². The number of carbonyl (C=O) groups is 1. The van der Waals surface area contributed by atoms with E-state index in [0.29, 0.717) is 6.42 Å². The zero-order valence-electron chi connectivity index (χ0n) is 8.35. The SMILES string of the molecule is CCC(C)C(F)(C(N)=O)C1CCC1. The van der Waals surface area contributed by atoms with Gasteiger partial charge >= 0.3 is 0 Å². The normalized spacial score (nSPS) is 24.5. The molecule has 0 saturated heterocycles. The molecule has 13 heavy (non-hydrogen) atoms. The summed E-state index contributed by atoms with van der Waals surface area (Å²) < 4.78 is 14.3. The second kappa shape index (κ2) is 3.64. The minimum atomic E-state index is -1.76. The average molecular weight is 187 g/mol. The lowest BCUT2D eigenvalue weighted by molar-refractivity contribution is -0.141. The average Bonchev–Trinajstić information content (AvgIpc) is 1.99. The van der Waals surface area contributed by atoms with E-state index in [9.17, 15) is 9.18 Å². The molecular weight excluding hydrogens is 169 g/mol. The van der Waals surface area contributed by atoms with Crippen LogP contribution in [0, 0.1) is 11.8 Å². The summed E-state index contributed by atoms with van der Waals surface area (Å²) in [5, 5.41) is 0. The Kier molecular flexibility index (Phi) is 2.94. The summed E-state index contributed by atoms with van der Waals surface area (Å²) in [5.74, 6) is -1.15. The number of hydrogen-bond acceptors (Lipinski definition) is 1. The number of primary amides is 1. The van der Waals surface area contributed by atoms with Crippen LogP contribution in [0.5, 0.6) is 0 Å². The number of alkyl halides is 1. The Morgan fingerprint density at radius 1 is 1.69 bits per heavy atom. The Morgan fingerprint density at radius 2 is 2.23 bits per heavy atom. The van der Waals surface area contributed by atoms with Gasteiger partial charge in [-0.1, -0.05) is 20.3 Å². The van der Waals surface area contributed by atoms with E-state index >= 15 is 0 Å². The van der Waals surface area contributed by atoms with E-state index in [-0.39, 0.29) is 11.8 Å². The largest absolute Gasteiger partial charge is 0.367 e. The minimum Gasteiger partial charge on any atom is -0.367 e. The van der Waals surface area contributed by atoms with Crippen molar-refractivity contribution in [3.8, 4) is 0 Å². The maximum atomic E-state index is 14.3. The molecule has 1 aliphatic carbocycles. The molecule has 0 aromatic rings. The summed E-state index contributed by atoms with van der Waals surface area (Å²) in [6.07, 6.45) is 3.31. The molecule has 0 spiro atoms. The van der Waals surface area contributed by atoms with Gasteiger partial charge in [0.25, 0.3) is 5.91 Å². The molecule has 2 N–H and O–H groups in total. The molecule has 2 unspecified atom stereocenters. The van der Waals surface area contributed by atoms with Gasteiger partial charge < -0.3 is 5.73 Å². The van der Waals surface area contributed by atoms with E-state index in [2.05, 4.69) is 0 Å². The van der Waals surface area contributed by atoms with Gasteiger partial charge in [-0.3, -0.25) is 4.79 Å². The highest BCUT2D eigenvalue weighted by Crippen LogP contribution is 2.43. The first-order chi connectivity index (χ1) is 6.03. The molecule has 1 fully saturated rings. The predicted molar refractivity (Wildman–Crippen MR) is 49.8 cm³/mol. The topological polar surface area (TPSA) is 43.1 Å². The van der Waals surface area contributed by atoms with Crippen LogP contribution in [0.25, 0.3) is 0 Å². The summed E-state index contributed by atoms with van der Waals surface area (Å²) in [7, 11) is 0. The third-order valence-electron chi connectivity index (χ3n) is 3.41. The highest BCUT2D eigenvalue weighted by Gasteiger charge is 2.50. The van der Waals surface area contributed by atoms with Crippen LogP contribution in [-0.4, -0.2) is 11.6 Å². The Bertz CT molecular complexity index is 196. The van der Waals surface area contributed by atoms with Crippen LogP contribution in [0.4, 0.5) is 4.39 Å². The van der Waals surface area contributed by atoms with Gasteiger partial charge in [-0.25, -0.2) is 4.39 Å². The van der Waals surface area contributed by atoms with E-state index in [4.69, 9.17) is 5.73 Å². The van der Waals surface area contributed by atoms with Crippen molar-refractivity contribution in [3.05, 3.63) is 0 Å². The van der Waals surface area contributed by atoms with Gasteiger partial charge in [-0.15, -0.1) is 0 Å². The lowest BCUT2D eigenvalue weighted by Gasteiger charge is -2.40. The van der Waals surface area contributed by atoms with E-state index in [1.165, 1.54) is 0 Å². The molecule has 3 heteroatoms. The van der Waals surface area contributed by atoms with Crippen LogP contribution >= 0.6 is 0 Å². The molecular formula is C10H18FNO. The molecule has 76 valence electrons. The molecule has 0 radical (unpaired) electrons. The van der Waals surface area contributed by atoms with Gasteiger partial charge in [0.05, 0.1) is 0 Å². The maximum Gasteiger partial charge on any atom is 0.255 e.